The fourth-order valence-electron chi connectivity index (χ4n) is 3.18. The molecule has 2 amide bonds. The number of hydrogen-bond acceptors (Lipinski definition) is 5. The lowest BCUT2D eigenvalue weighted by Crippen LogP contribution is -2.17. The topological polar surface area (TPSA) is 88.9 Å². The smallest absolute Gasteiger partial charge is 0.234 e. The number of thioether (sulfide) groups is 1. The molecule has 0 spiro atoms. The Morgan fingerprint density at radius 1 is 0.967 bits per heavy atom. The average Bonchev–Trinajstić information content (AvgIpc) is 3.03. The highest BCUT2D eigenvalue weighted by Crippen LogP contribution is 2.23. The number of nitrogens with one attached hydrogen (secondary N) is 2. The number of anilines is 2. The molecule has 1 heterocycles. The number of carbonyl (C=O) groups is 2. The van der Waals surface area contributed by atoms with Crippen LogP contribution in [0.2, 0.25) is 0 Å². The number of carbonyl (C=O) groups excluding carboxylic acids is 2. The third kappa shape index (κ3) is 5.48. The van der Waals surface area contributed by atoms with Crippen molar-refractivity contribution >= 4 is 35.0 Å². The molecule has 7 nitrogen and oxygen atoms in total. The van der Waals surface area contributed by atoms with E-state index in [9.17, 15) is 9.59 Å². The van der Waals surface area contributed by atoms with Crippen LogP contribution in [0.3, 0.4) is 0 Å². The first-order chi connectivity index (χ1) is 14.3. The predicted octanol–water partition coefficient (Wildman–Crippen LogP) is 3.65. The molecule has 2 aromatic carbocycles. The summed E-state index contributed by atoms with van der Waals surface area (Å²) in [6.45, 7) is 6.00. The van der Waals surface area contributed by atoms with E-state index in [0.717, 1.165) is 22.5 Å². The van der Waals surface area contributed by atoms with Crippen molar-refractivity contribution in [2.24, 2.45) is 7.05 Å². The number of nitrogens with zero attached hydrogens (tertiary/aromatic N) is 3. The van der Waals surface area contributed by atoms with Crippen molar-refractivity contribution in [3.63, 3.8) is 0 Å². The summed E-state index contributed by atoms with van der Waals surface area (Å²) in [7, 11) is 1.79. The van der Waals surface area contributed by atoms with E-state index in [-0.39, 0.29) is 24.0 Å². The second-order valence-electron chi connectivity index (χ2n) is 7.16. The largest absolute Gasteiger partial charge is 0.326 e. The second kappa shape index (κ2) is 9.58. The summed E-state index contributed by atoms with van der Waals surface area (Å²) >= 11 is 1.29. The van der Waals surface area contributed by atoms with Crippen molar-refractivity contribution in [2.45, 2.75) is 32.3 Å². The molecule has 1 aromatic heterocycles. The average molecular weight is 424 g/mol. The van der Waals surface area contributed by atoms with Crippen LogP contribution in [0.5, 0.6) is 0 Å². The number of para-hydroxylation sites is 1. The van der Waals surface area contributed by atoms with Crippen molar-refractivity contribution in [1.82, 2.24) is 14.8 Å². The van der Waals surface area contributed by atoms with Crippen LogP contribution in [0.1, 0.15) is 22.5 Å². The van der Waals surface area contributed by atoms with E-state index in [1.165, 1.54) is 17.3 Å². The van der Waals surface area contributed by atoms with E-state index >= 15 is 0 Å². The molecule has 0 aliphatic carbocycles. The van der Waals surface area contributed by atoms with Gasteiger partial charge in [0.05, 0.1) is 12.2 Å². The van der Waals surface area contributed by atoms with Crippen LogP contribution in [-0.4, -0.2) is 32.3 Å². The fraction of sp³-hybridized carbons (Fsp3) is 0.273. The van der Waals surface area contributed by atoms with Crippen molar-refractivity contribution in [3.05, 3.63) is 65.0 Å². The first-order valence-electron chi connectivity index (χ1n) is 9.57. The third-order valence-electron chi connectivity index (χ3n) is 4.58. The number of amides is 2. The van der Waals surface area contributed by atoms with E-state index in [1.807, 2.05) is 63.2 Å². The van der Waals surface area contributed by atoms with E-state index < -0.39 is 0 Å². The van der Waals surface area contributed by atoms with Gasteiger partial charge in [-0.25, -0.2) is 0 Å². The van der Waals surface area contributed by atoms with Crippen molar-refractivity contribution in [1.29, 1.82) is 0 Å². The van der Waals surface area contributed by atoms with Gasteiger partial charge in [0.15, 0.2) is 5.16 Å². The van der Waals surface area contributed by atoms with E-state index in [2.05, 4.69) is 20.8 Å². The third-order valence-corrected chi connectivity index (χ3v) is 5.60. The molecule has 3 aromatic rings. The van der Waals surface area contributed by atoms with Gasteiger partial charge in [-0.1, -0.05) is 47.7 Å². The molecule has 0 radical (unpaired) electrons. The standard InChI is InChI=1S/C22H25N5O2S/c1-14-10-15(2)21(16(3)11-14)24-20(29)13-30-22-26-25-18(27(22)4)12-19(28)23-17-8-6-5-7-9-17/h5-11H,12-13H2,1-4H3,(H,23,28)(H,24,29). The van der Waals surface area contributed by atoms with Crippen LogP contribution in [0.25, 0.3) is 0 Å². The van der Waals surface area contributed by atoms with E-state index in [0.29, 0.717) is 11.0 Å². The minimum absolute atomic E-state index is 0.104. The first kappa shape index (κ1) is 21.6. The zero-order valence-corrected chi connectivity index (χ0v) is 18.3. The molecule has 0 saturated carbocycles. The van der Waals surface area contributed by atoms with E-state index in [4.69, 9.17) is 0 Å². The molecule has 0 aliphatic heterocycles. The Morgan fingerprint density at radius 3 is 2.30 bits per heavy atom. The summed E-state index contributed by atoms with van der Waals surface area (Å²) in [4.78, 5) is 24.7. The lowest BCUT2D eigenvalue weighted by atomic mass is 10.1. The van der Waals surface area contributed by atoms with Crippen LogP contribution >= 0.6 is 11.8 Å². The summed E-state index contributed by atoms with van der Waals surface area (Å²) in [5.74, 6) is 0.462. The molecule has 156 valence electrons. The number of aryl methyl sites for hydroxylation is 3. The van der Waals surface area contributed by atoms with E-state index in [1.54, 1.807) is 11.6 Å². The molecule has 3 rings (SSSR count). The van der Waals surface area contributed by atoms with Gasteiger partial charge in [0, 0.05) is 18.4 Å². The molecule has 2 N–H and O–H groups in total. The van der Waals surface area contributed by atoms with Gasteiger partial charge in [-0.2, -0.15) is 0 Å². The minimum Gasteiger partial charge on any atom is -0.326 e. The molecular weight excluding hydrogens is 398 g/mol. The Balaban J connectivity index is 1.56. The Morgan fingerprint density at radius 2 is 1.63 bits per heavy atom. The zero-order valence-electron chi connectivity index (χ0n) is 17.5. The number of rotatable bonds is 7. The van der Waals surface area contributed by atoms with Gasteiger partial charge >= 0.3 is 0 Å². The normalized spacial score (nSPS) is 10.7. The molecule has 0 atom stereocenters. The summed E-state index contributed by atoms with van der Waals surface area (Å²) in [5, 5.41) is 14.6. The van der Waals surface area contributed by atoms with Crippen molar-refractivity contribution in [3.8, 4) is 0 Å². The summed E-state index contributed by atoms with van der Waals surface area (Å²) in [5.41, 5.74) is 4.83. The lowest BCUT2D eigenvalue weighted by molar-refractivity contribution is -0.116. The Kier molecular flexibility index (Phi) is 6.89. The maximum absolute atomic E-state index is 12.4. The molecule has 8 heteroatoms. The molecule has 30 heavy (non-hydrogen) atoms. The molecular formula is C22H25N5O2S. The summed E-state index contributed by atoms with van der Waals surface area (Å²) in [6.07, 6.45) is 0.104. The fourth-order valence-corrected chi connectivity index (χ4v) is 3.91. The number of aromatic nitrogens is 3. The number of hydrogen-bond donors (Lipinski definition) is 2. The van der Waals surface area contributed by atoms with Crippen molar-refractivity contribution < 1.29 is 9.59 Å². The van der Waals surface area contributed by atoms with Gasteiger partial charge in [-0.3, -0.25) is 9.59 Å². The highest BCUT2D eigenvalue weighted by molar-refractivity contribution is 7.99. The monoisotopic (exact) mass is 423 g/mol. The van der Waals surface area contributed by atoms with Crippen molar-refractivity contribution in [2.75, 3.05) is 16.4 Å². The maximum atomic E-state index is 12.4. The Bertz CT molecular complexity index is 1040. The molecule has 0 aliphatic rings. The first-order valence-corrected chi connectivity index (χ1v) is 10.6. The number of benzene rings is 2. The van der Waals surface area contributed by atoms with Crippen LogP contribution in [0.4, 0.5) is 11.4 Å². The quantitative estimate of drug-likeness (QED) is 0.566. The SMILES string of the molecule is Cc1cc(C)c(NC(=O)CSc2nnc(CC(=O)Nc3ccccc3)n2C)c(C)c1. The molecule has 0 saturated heterocycles. The van der Waals surface area contributed by atoms with Gasteiger partial charge in [-0.05, 0) is 44.0 Å². The van der Waals surface area contributed by atoms with Gasteiger partial charge in [-0.15, -0.1) is 10.2 Å². The molecule has 0 bridgehead atoms. The van der Waals surface area contributed by atoms with Gasteiger partial charge in [0.25, 0.3) is 0 Å². The maximum Gasteiger partial charge on any atom is 0.234 e. The van der Waals surface area contributed by atoms with Crippen LogP contribution < -0.4 is 10.6 Å². The zero-order chi connectivity index (χ0) is 21.7. The lowest BCUT2D eigenvalue weighted by Gasteiger charge is -2.12. The Labute approximate surface area is 180 Å². The van der Waals surface area contributed by atoms with Gasteiger partial charge in [0.2, 0.25) is 11.8 Å². The van der Waals surface area contributed by atoms with Crippen LogP contribution in [0, 0.1) is 20.8 Å². The van der Waals surface area contributed by atoms with Crippen LogP contribution in [-0.2, 0) is 23.1 Å². The Hall–Kier alpha value is -3.13. The van der Waals surface area contributed by atoms with Gasteiger partial charge in [0.1, 0.15) is 5.82 Å². The summed E-state index contributed by atoms with van der Waals surface area (Å²) < 4.78 is 1.74. The summed E-state index contributed by atoms with van der Waals surface area (Å²) in [6, 6.07) is 13.3. The molecule has 0 unspecified atom stereocenters. The van der Waals surface area contributed by atoms with Crippen LogP contribution in [0.15, 0.2) is 47.6 Å². The van der Waals surface area contributed by atoms with Gasteiger partial charge < -0.3 is 15.2 Å². The highest BCUT2D eigenvalue weighted by Gasteiger charge is 2.15. The second-order valence-corrected chi connectivity index (χ2v) is 8.10. The minimum atomic E-state index is -0.170. The predicted molar refractivity (Wildman–Crippen MR) is 120 cm³/mol. The molecule has 0 fully saturated rings. The highest BCUT2D eigenvalue weighted by atomic mass is 32.2.